The van der Waals surface area contributed by atoms with Crippen molar-refractivity contribution < 1.29 is 9.90 Å². The van der Waals surface area contributed by atoms with E-state index >= 15 is 0 Å². The highest BCUT2D eigenvalue weighted by Crippen LogP contribution is 2.11. The van der Waals surface area contributed by atoms with Gasteiger partial charge in [-0.25, -0.2) is 0 Å². The topological polar surface area (TPSA) is 40.5 Å². The molecule has 1 aliphatic rings. The maximum Gasteiger partial charge on any atom is 0.222 e. The number of carbonyl (C=O) groups is 1. The van der Waals surface area contributed by atoms with Crippen LogP contribution >= 0.6 is 0 Å². The van der Waals surface area contributed by atoms with Gasteiger partial charge in [0.05, 0.1) is 6.10 Å². The number of hydrogen-bond donors (Lipinski definition) is 1. The maximum atomic E-state index is 11.3. The molecule has 0 aliphatic carbocycles. The molecule has 0 aromatic heterocycles. The summed E-state index contributed by atoms with van der Waals surface area (Å²) < 4.78 is 0. The molecule has 1 N–H and O–H groups in total. The lowest BCUT2D eigenvalue weighted by Crippen LogP contribution is -2.31. The molecule has 0 saturated carbocycles. The normalized spacial score (nSPS) is 25.2. The first kappa shape index (κ1) is 9.52. The van der Waals surface area contributed by atoms with E-state index in [-0.39, 0.29) is 12.0 Å². The van der Waals surface area contributed by atoms with E-state index in [9.17, 15) is 9.90 Å². The predicted octanol–water partition coefficient (Wildman–Crippen LogP) is 0.770. The van der Waals surface area contributed by atoms with E-state index in [4.69, 9.17) is 0 Å². The van der Waals surface area contributed by atoms with Gasteiger partial charge in [0, 0.05) is 19.5 Å². The number of nitrogens with zero attached hydrogens (tertiary/aromatic N) is 1. The fraction of sp³-hybridized carbons (Fsp3) is 0.889. The van der Waals surface area contributed by atoms with Gasteiger partial charge in [-0.2, -0.15) is 0 Å². The fourth-order valence-electron chi connectivity index (χ4n) is 1.55. The van der Waals surface area contributed by atoms with Crippen LogP contribution in [0.1, 0.15) is 32.6 Å². The Bertz CT molecular complexity index is 159. The lowest BCUT2D eigenvalue weighted by molar-refractivity contribution is -0.130. The first-order chi connectivity index (χ1) is 5.74. The molecule has 1 saturated heterocycles. The fourth-order valence-corrected chi connectivity index (χ4v) is 1.55. The van der Waals surface area contributed by atoms with Crippen molar-refractivity contribution in [3.05, 3.63) is 0 Å². The number of aliphatic hydroxyl groups excluding tert-OH is 1. The molecule has 1 aliphatic heterocycles. The number of aliphatic hydroxyl groups is 1. The van der Waals surface area contributed by atoms with E-state index in [0.29, 0.717) is 6.42 Å². The molecule has 0 radical (unpaired) electrons. The average Bonchev–Trinajstić information content (AvgIpc) is 2.29. The molecule has 0 aromatic rings. The first-order valence-corrected chi connectivity index (χ1v) is 4.70. The Labute approximate surface area is 73.4 Å². The summed E-state index contributed by atoms with van der Waals surface area (Å²) in [6.45, 7) is 3.43. The Morgan fingerprint density at radius 2 is 2.25 bits per heavy atom. The summed E-state index contributed by atoms with van der Waals surface area (Å²) in [5.41, 5.74) is 0. The zero-order chi connectivity index (χ0) is 8.97. The van der Waals surface area contributed by atoms with Crippen LogP contribution in [0.2, 0.25) is 0 Å². The number of rotatable bonds is 1. The van der Waals surface area contributed by atoms with E-state index in [2.05, 4.69) is 0 Å². The summed E-state index contributed by atoms with van der Waals surface area (Å²) in [5.74, 6) is 0.212. The third-order valence-corrected chi connectivity index (χ3v) is 2.35. The summed E-state index contributed by atoms with van der Waals surface area (Å²) in [5, 5.41) is 9.32. The van der Waals surface area contributed by atoms with E-state index in [1.54, 1.807) is 0 Å². The quantitative estimate of drug-likeness (QED) is 0.633. The first-order valence-electron chi connectivity index (χ1n) is 4.70. The Morgan fingerprint density at radius 1 is 1.50 bits per heavy atom. The summed E-state index contributed by atoms with van der Waals surface area (Å²) in [6.07, 6.45) is 2.90. The molecule has 1 atom stereocenters. The summed E-state index contributed by atoms with van der Waals surface area (Å²) in [4.78, 5) is 13.1. The summed E-state index contributed by atoms with van der Waals surface area (Å²) in [7, 11) is 0. The minimum atomic E-state index is -0.195. The van der Waals surface area contributed by atoms with Gasteiger partial charge in [0.1, 0.15) is 0 Å². The van der Waals surface area contributed by atoms with E-state index in [1.165, 1.54) is 0 Å². The second-order valence-corrected chi connectivity index (χ2v) is 3.32. The van der Waals surface area contributed by atoms with Crippen molar-refractivity contribution in [1.82, 2.24) is 4.90 Å². The van der Waals surface area contributed by atoms with Crippen LogP contribution in [0.15, 0.2) is 0 Å². The Morgan fingerprint density at radius 3 is 2.92 bits per heavy atom. The number of likely N-dealkylation sites (tertiary alicyclic amines) is 1. The van der Waals surface area contributed by atoms with Gasteiger partial charge >= 0.3 is 0 Å². The van der Waals surface area contributed by atoms with Crippen molar-refractivity contribution >= 4 is 5.91 Å². The molecular weight excluding hydrogens is 154 g/mol. The minimum Gasteiger partial charge on any atom is -0.393 e. The minimum absolute atomic E-state index is 0.195. The Kier molecular flexibility index (Phi) is 3.53. The van der Waals surface area contributed by atoms with Crippen molar-refractivity contribution in [3.63, 3.8) is 0 Å². The molecule has 0 aromatic carbocycles. The van der Waals surface area contributed by atoms with Gasteiger partial charge in [0.25, 0.3) is 0 Å². The van der Waals surface area contributed by atoms with Crippen LogP contribution < -0.4 is 0 Å². The van der Waals surface area contributed by atoms with Crippen LogP contribution in [0.3, 0.4) is 0 Å². The van der Waals surface area contributed by atoms with Crippen LogP contribution in [0.25, 0.3) is 0 Å². The number of amides is 1. The zero-order valence-electron chi connectivity index (χ0n) is 7.62. The lowest BCUT2D eigenvalue weighted by Gasteiger charge is -2.19. The molecule has 3 heteroatoms. The van der Waals surface area contributed by atoms with Crippen LogP contribution in [0.5, 0.6) is 0 Å². The second-order valence-electron chi connectivity index (χ2n) is 3.32. The van der Waals surface area contributed by atoms with Gasteiger partial charge < -0.3 is 10.0 Å². The van der Waals surface area contributed by atoms with Crippen LogP contribution in [0, 0.1) is 0 Å². The number of hydrogen-bond acceptors (Lipinski definition) is 2. The molecule has 1 heterocycles. The summed E-state index contributed by atoms with van der Waals surface area (Å²) >= 11 is 0. The molecule has 0 spiro atoms. The van der Waals surface area contributed by atoms with Crippen LogP contribution in [0.4, 0.5) is 0 Å². The van der Waals surface area contributed by atoms with Gasteiger partial charge in [-0.15, -0.1) is 0 Å². The van der Waals surface area contributed by atoms with Gasteiger partial charge in [0.2, 0.25) is 5.91 Å². The lowest BCUT2D eigenvalue weighted by atomic mass is 10.2. The molecule has 1 amide bonds. The maximum absolute atomic E-state index is 11.3. The van der Waals surface area contributed by atoms with E-state index in [0.717, 1.165) is 32.4 Å². The third-order valence-electron chi connectivity index (χ3n) is 2.35. The Hall–Kier alpha value is -0.570. The molecule has 1 unspecified atom stereocenters. The smallest absolute Gasteiger partial charge is 0.222 e. The third kappa shape index (κ3) is 2.48. The molecule has 1 rings (SSSR count). The highest BCUT2D eigenvalue weighted by atomic mass is 16.3. The molecule has 12 heavy (non-hydrogen) atoms. The van der Waals surface area contributed by atoms with Crippen molar-refractivity contribution in [2.75, 3.05) is 13.1 Å². The van der Waals surface area contributed by atoms with Crippen molar-refractivity contribution in [1.29, 1.82) is 0 Å². The second kappa shape index (κ2) is 4.45. The summed E-state index contributed by atoms with van der Waals surface area (Å²) in [6, 6.07) is 0. The molecule has 70 valence electrons. The highest BCUT2D eigenvalue weighted by molar-refractivity contribution is 5.75. The van der Waals surface area contributed by atoms with Crippen molar-refractivity contribution in [2.24, 2.45) is 0 Å². The zero-order valence-corrected chi connectivity index (χ0v) is 7.62. The van der Waals surface area contributed by atoms with Gasteiger partial charge in [-0.1, -0.05) is 6.92 Å². The van der Waals surface area contributed by atoms with E-state index in [1.807, 2.05) is 11.8 Å². The molecule has 3 nitrogen and oxygen atoms in total. The van der Waals surface area contributed by atoms with Crippen molar-refractivity contribution in [3.8, 4) is 0 Å². The largest absolute Gasteiger partial charge is 0.393 e. The monoisotopic (exact) mass is 171 g/mol. The predicted molar refractivity (Wildman–Crippen MR) is 46.7 cm³/mol. The van der Waals surface area contributed by atoms with Crippen LogP contribution in [-0.2, 0) is 4.79 Å². The highest BCUT2D eigenvalue weighted by Gasteiger charge is 2.17. The van der Waals surface area contributed by atoms with Gasteiger partial charge in [0.15, 0.2) is 0 Å². The standard InChI is InChI=1S/C9H17NO2/c1-2-9(12)10-6-3-4-8(11)5-7-10/h8,11H,2-7H2,1H3. The number of carbonyl (C=O) groups excluding carboxylic acids is 1. The molecule has 0 bridgehead atoms. The van der Waals surface area contributed by atoms with Gasteiger partial charge in [-0.05, 0) is 19.3 Å². The molecular formula is C9H17NO2. The Balaban J connectivity index is 2.40. The van der Waals surface area contributed by atoms with Gasteiger partial charge in [-0.3, -0.25) is 4.79 Å². The van der Waals surface area contributed by atoms with E-state index < -0.39 is 0 Å². The molecule has 1 fully saturated rings. The van der Waals surface area contributed by atoms with Crippen LogP contribution in [-0.4, -0.2) is 35.1 Å². The van der Waals surface area contributed by atoms with Crippen molar-refractivity contribution in [2.45, 2.75) is 38.7 Å². The SMILES string of the molecule is CCC(=O)N1CCCC(O)CC1. The average molecular weight is 171 g/mol.